The van der Waals surface area contributed by atoms with Gasteiger partial charge in [0.05, 0.1) is 11.9 Å². The van der Waals surface area contributed by atoms with Crippen molar-refractivity contribution in [1.29, 1.82) is 0 Å². The average molecular weight is 310 g/mol. The van der Waals surface area contributed by atoms with Crippen LogP contribution < -0.4 is 4.31 Å². The van der Waals surface area contributed by atoms with Crippen LogP contribution in [-0.2, 0) is 14.8 Å². The van der Waals surface area contributed by atoms with Crippen LogP contribution in [0, 0.1) is 6.92 Å². The number of rotatable bonds is 4. The molecule has 0 spiro atoms. The second kappa shape index (κ2) is 5.47. The minimum atomic E-state index is -3.61. The maximum Gasteiger partial charge on any atom is 0.245 e. The molecule has 0 fully saturated rings. The first kappa shape index (κ1) is 15.3. The number of sulfonamides is 1. The lowest BCUT2D eigenvalue weighted by atomic mass is 10.2. The van der Waals surface area contributed by atoms with Crippen LogP contribution in [0.2, 0.25) is 5.02 Å². The first-order valence-electron chi connectivity index (χ1n) is 5.09. The van der Waals surface area contributed by atoms with E-state index in [9.17, 15) is 13.2 Å². The standard InChI is InChI=1S/C11H13Cl2NO3S/c1-7-6-9(4-5-10(7)12)14(18(3,16)17)8(2)11(13)15/h4-6,8H,1-3H3. The number of benzene rings is 1. The summed E-state index contributed by atoms with van der Waals surface area (Å²) in [6, 6.07) is 3.74. The molecule has 0 aliphatic carbocycles. The van der Waals surface area contributed by atoms with Gasteiger partial charge in [0.2, 0.25) is 15.3 Å². The molecule has 0 saturated heterocycles. The van der Waals surface area contributed by atoms with Gasteiger partial charge < -0.3 is 0 Å². The summed E-state index contributed by atoms with van der Waals surface area (Å²) in [4.78, 5) is 11.2. The highest BCUT2D eigenvalue weighted by Gasteiger charge is 2.28. The molecule has 18 heavy (non-hydrogen) atoms. The first-order chi connectivity index (χ1) is 8.14. The van der Waals surface area contributed by atoms with Crippen LogP contribution in [0.1, 0.15) is 12.5 Å². The van der Waals surface area contributed by atoms with Gasteiger partial charge in [-0.15, -0.1) is 0 Å². The maximum absolute atomic E-state index is 11.8. The molecule has 1 atom stereocenters. The van der Waals surface area contributed by atoms with Gasteiger partial charge in [0.1, 0.15) is 6.04 Å². The summed E-state index contributed by atoms with van der Waals surface area (Å²) in [5.41, 5.74) is 1.08. The molecule has 0 aliphatic heterocycles. The summed E-state index contributed by atoms with van der Waals surface area (Å²) in [6.07, 6.45) is 1.02. The van der Waals surface area contributed by atoms with Crippen LogP contribution in [0.3, 0.4) is 0 Å². The third kappa shape index (κ3) is 3.37. The van der Waals surface area contributed by atoms with E-state index in [0.29, 0.717) is 10.7 Å². The topological polar surface area (TPSA) is 54.5 Å². The largest absolute Gasteiger partial charge is 0.279 e. The lowest BCUT2D eigenvalue weighted by molar-refractivity contribution is -0.112. The predicted molar refractivity (Wildman–Crippen MR) is 73.8 cm³/mol. The summed E-state index contributed by atoms with van der Waals surface area (Å²) >= 11 is 11.3. The van der Waals surface area contributed by atoms with Crippen molar-refractivity contribution in [2.75, 3.05) is 10.6 Å². The molecule has 0 heterocycles. The van der Waals surface area contributed by atoms with Crippen molar-refractivity contribution in [2.24, 2.45) is 0 Å². The van der Waals surface area contributed by atoms with Gasteiger partial charge in [-0.3, -0.25) is 9.10 Å². The number of hydrogen-bond donors (Lipinski definition) is 0. The van der Waals surface area contributed by atoms with E-state index in [0.717, 1.165) is 16.1 Å². The normalized spacial score (nSPS) is 13.2. The molecular weight excluding hydrogens is 297 g/mol. The summed E-state index contributed by atoms with van der Waals surface area (Å²) in [7, 11) is -3.61. The zero-order valence-corrected chi connectivity index (χ0v) is 12.5. The SMILES string of the molecule is Cc1cc(N(C(C)C(=O)Cl)S(C)(=O)=O)ccc1Cl. The van der Waals surface area contributed by atoms with Crippen molar-refractivity contribution >= 4 is 44.2 Å². The average Bonchev–Trinajstić information content (AvgIpc) is 2.21. The summed E-state index contributed by atoms with van der Waals surface area (Å²) in [5, 5.41) is -0.218. The van der Waals surface area contributed by atoms with E-state index in [1.807, 2.05) is 0 Å². The minimum absolute atomic E-state index is 0.362. The van der Waals surface area contributed by atoms with Crippen molar-refractivity contribution in [3.8, 4) is 0 Å². The van der Waals surface area contributed by atoms with E-state index in [-0.39, 0.29) is 0 Å². The molecule has 0 N–H and O–H groups in total. The molecule has 0 aromatic heterocycles. The molecule has 1 aromatic carbocycles. The van der Waals surface area contributed by atoms with Gasteiger partial charge in [-0.05, 0) is 49.2 Å². The van der Waals surface area contributed by atoms with Crippen LogP contribution in [0.15, 0.2) is 18.2 Å². The summed E-state index contributed by atoms with van der Waals surface area (Å²) in [6.45, 7) is 3.18. The fourth-order valence-electron chi connectivity index (χ4n) is 1.56. The Balaban J connectivity index is 3.36. The van der Waals surface area contributed by atoms with Gasteiger partial charge in [0.25, 0.3) is 0 Å². The number of hydrogen-bond acceptors (Lipinski definition) is 3. The quantitative estimate of drug-likeness (QED) is 0.803. The van der Waals surface area contributed by atoms with Crippen molar-refractivity contribution in [1.82, 2.24) is 0 Å². The van der Waals surface area contributed by atoms with Gasteiger partial charge >= 0.3 is 0 Å². The van der Waals surface area contributed by atoms with E-state index in [1.165, 1.54) is 13.0 Å². The number of carbonyl (C=O) groups is 1. The molecule has 1 unspecified atom stereocenters. The third-order valence-corrected chi connectivity index (χ3v) is 4.42. The van der Waals surface area contributed by atoms with E-state index in [1.54, 1.807) is 19.1 Å². The fourth-order valence-corrected chi connectivity index (χ4v) is 3.00. The Morgan fingerprint density at radius 2 is 1.94 bits per heavy atom. The Kier molecular flexibility index (Phi) is 4.64. The highest BCUT2D eigenvalue weighted by atomic mass is 35.5. The molecule has 1 rings (SSSR count). The Hall–Kier alpha value is -0.780. The molecular formula is C11H13Cl2NO3S. The minimum Gasteiger partial charge on any atom is -0.279 e. The Morgan fingerprint density at radius 1 is 1.39 bits per heavy atom. The number of halogens is 2. The smallest absolute Gasteiger partial charge is 0.245 e. The van der Waals surface area contributed by atoms with Crippen molar-refractivity contribution in [2.45, 2.75) is 19.9 Å². The number of anilines is 1. The molecule has 0 bridgehead atoms. The highest BCUT2D eigenvalue weighted by molar-refractivity contribution is 7.92. The Morgan fingerprint density at radius 3 is 2.33 bits per heavy atom. The van der Waals surface area contributed by atoms with Crippen LogP contribution in [-0.4, -0.2) is 26.0 Å². The van der Waals surface area contributed by atoms with Crippen LogP contribution >= 0.6 is 23.2 Å². The van der Waals surface area contributed by atoms with Crippen LogP contribution in [0.5, 0.6) is 0 Å². The fraction of sp³-hybridized carbons (Fsp3) is 0.364. The van der Waals surface area contributed by atoms with E-state index in [4.69, 9.17) is 23.2 Å². The molecule has 0 saturated carbocycles. The van der Waals surface area contributed by atoms with Crippen LogP contribution in [0.25, 0.3) is 0 Å². The van der Waals surface area contributed by atoms with Crippen molar-refractivity contribution in [3.63, 3.8) is 0 Å². The predicted octanol–water partition coefficient (Wildman–Crippen LogP) is 2.57. The Bertz CT molecular complexity index is 572. The first-order valence-corrected chi connectivity index (χ1v) is 7.70. The number of aryl methyl sites for hydroxylation is 1. The molecule has 1 aromatic rings. The van der Waals surface area contributed by atoms with Gasteiger partial charge in [-0.25, -0.2) is 8.42 Å². The van der Waals surface area contributed by atoms with Gasteiger partial charge in [-0.1, -0.05) is 11.6 Å². The van der Waals surface area contributed by atoms with Gasteiger partial charge in [0, 0.05) is 5.02 Å². The molecule has 0 amide bonds. The van der Waals surface area contributed by atoms with E-state index < -0.39 is 21.3 Å². The second-order valence-electron chi connectivity index (χ2n) is 3.97. The van der Waals surface area contributed by atoms with Gasteiger partial charge in [-0.2, -0.15) is 0 Å². The van der Waals surface area contributed by atoms with Crippen LogP contribution in [0.4, 0.5) is 5.69 Å². The monoisotopic (exact) mass is 309 g/mol. The highest BCUT2D eigenvalue weighted by Crippen LogP contribution is 2.26. The lowest BCUT2D eigenvalue weighted by Gasteiger charge is -2.26. The zero-order chi connectivity index (χ0) is 14.1. The summed E-state index contributed by atoms with van der Waals surface area (Å²) < 4.78 is 24.5. The van der Waals surface area contributed by atoms with Crippen molar-refractivity contribution in [3.05, 3.63) is 28.8 Å². The lowest BCUT2D eigenvalue weighted by Crippen LogP contribution is -2.41. The molecule has 4 nitrogen and oxygen atoms in total. The maximum atomic E-state index is 11.8. The number of nitrogens with zero attached hydrogens (tertiary/aromatic N) is 1. The molecule has 100 valence electrons. The third-order valence-electron chi connectivity index (χ3n) is 2.43. The second-order valence-corrected chi connectivity index (χ2v) is 6.61. The number of carbonyl (C=O) groups excluding carboxylic acids is 1. The van der Waals surface area contributed by atoms with E-state index in [2.05, 4.69) is 0 Å². The van der Waals surface area contributed by atoms with E-state index >= 15 is 0 Å². The summed E-state index contributed by atoms with van der Waals surface area (Å²) in [5.74, 6) is 0. The molecule has 0 radical (unpaired) electrons. The zero-order valence-electron chi connectivity index (χ0n) is 10.1. The molecule has 0 aliphatic rings. The van der Waals surface area contributed by atoms with Gasteiger partial charge in [0.15, 0.2) is 0 Å². The molecule has 7 heteroatoms. The Labute approximate surface area is 117 Å². The van der Waals surface area contributed by atoms with Crippen molar-refractivity contribution < 1.29 is 13.2 Å².